The van der Waals surface area contributed by atoms with Gasteiger partial charge in [0.05, 0.1) is 5.56 Å². The predicted molar refractivity (Wildman–Crippen MR) is 54.6 cm³/mol. The molecule has 0 atom stereocenters. The molecule has 0 fully saturated rings. The third kappa shape index (κ3) is 4.29. The van der Waals surface area contributed by atoms with Crippen LogP contribution in [0.3, 0.4) is 0 Å². The number of alkyl halides is 3. The first kappa shape index (κ1) is 13.3. The zero-order chi connectivity index (χ0) is 12.9. The smallest absolute Gasteiger partial charge is 0.419 e. The normalized spacial score (nSPS) is 11.2. The molecule has 1 aromatic heterocycles. The third-order valence-electron chi connectivity index (χ3n) is 1.97. The quantitative estimate of drug-likeness (QED) is 0.785. The number of anilines is 1. The highest BCUT2D eigenvalue weighted by atomic mass is 19.4. The first-order chi connectivity index (χ1) is 7.91. The number of nitrogens with zero attached hydrogens (tertiary/aromatic N) is 1. The molecule has 94 valence electrons. The Morgan fingerprint density at radius 2 is 2.18 bits per heavy atom. The summed E-state index contributed by atoms with van der Waals surface area (Å²) in [4.78, 5) is 13.8. The second kappa shape index (κ2) is 5.51. The monoisotopic (exact) mass is 248 g/mol. The molecule has 0 aliphatic heterocycles. The second-order valence-electron chi connectivity index (χ2n) is 3.32. The van der Waals surface area contributed by atoms with Crippen molar-refractivity contribution < 1.29 is 23.1 Å². The van der Waals surface area contributed by atoms with Crippen LogP contribution in [-0.2, 0) is 11.0 Å². The maximum absolute atomic E-state index is 12.5. The number of aromatic nitrogens is 1. The molecule has 0 spiro atoms. The molecule has 0 aliphatic rings. The van der Waals surface area contributed by atoms with Crippen molar-refractivity contribution in [1.82, 2.24) is 4.98 Å². The van der Waals surface area contributed by atoms with Crippen LogP contribution in [0.2, 0.25) is 0 Å². The van der Waals surface area contributed by atoms with Crippen molar-refractivity contribution in [2.75, 3.05) is 11.9 Å². The molecule has 0 unspecified atom stereocenters. The Hall–Kier alpha value is -1.79. The molecule has 1 heterocycles. The van der Waals surface area contributed by atoms with E-state index in [0.717, 1.165) is 6.07 Å². The van der Waals surface area contributed by atoms with E-state index in [-0.39, 0.29) is 25.2 Å². The van der Waals surface area contributed by atoms with E-state index in [0.29, 0.717) is 0 Å². The zero-order valence-corrected chi connectivity index (χ0v) is 8.79. The summed E-state index contributed by atoms with van der Waals surface area (Å²) in [6, 6.07) is 2.12. The van der Waals surface area contributed by atoms with Gasteiger partial charge in [0.1, 0.15) is 5.82 Å². The number of carbonyl (C=O) groups is 1. The fraction of sp³-hybridized carbons (Fsp3) is 0.400. The highest BCUT2D eigenvalue weighted by molar-refractivity contribution is 5.66. The molecule has 0 amide bonds. The van der Waals surface area contributed by atoms with Gasteiger partial charge in [-0.05, 0) is 18.6 Å². The van der Waals surface area contributed by atoms with Crippen molar-refractivity contribution >= 4 is 11.8 Å². The van der Waals surface area contributed by atoms with Crippen LogP contribution in [0.15, 0.2) is 18.3 Å². The number of carboxylic acids is 1. The number of halogens is 3. The minimum absolute atomic E-state index is 0.0960. The van der Waals surface area contributed by atoms with E-state index in [1.165, 1.54) is 12.3 Å². The van der Waals surface area contributed by atoms with Crippen LogP contribution in [0.25, 0.3) is 0 Å². The van der Waals surface area contributed by atoms with E-state index in [1.54, 1.807) is 0 Å². The molecule has 0 saturated carbocycles. The number of pyridine rings is 1. The van der Waals surface area contributed by atoms with Gasteiger partial charge < -0.3 is 10.4 Å². The maximum atomic E-state index is 12.5. The van der Waals surface area contributed by atoms with E-state index < -0.39 is 17.7 Å². The number of nitrogens with one attached hydrogen (secondary N) is 1. The highest BCUT2D eigenvalue weighted by Gasteiger charge is 2.33. The zero-order valence-electron chi connectivity index (χ0n) is 8.79. The lowest BCUT2D eigenvalue weighted by molar-refractivity contribution is -0.138. The molecular formula is C10H11F3N2O2. The summed E-state index contributed by atoms with van der Waals surface area (Å²) in [5, 5.41) is 10.9. The van der Waals surface area contributed by atoms with Crippen LogP contribution >= 0.6 is 0 Å². The number of hydrogen-bond donors (Lipinski definition) is 2. The first-order valence-electron chi connectivity index (χ1n) is 4.89. The van der Waals surface area contributed by atoms with Gasteiger partial charge in [-0.15, -0.1) is 0 Å². The Balaban J connectivity index is 2.62. The topological polar surface area (TPSA) is 62.2 Å². The lowest BCUT2D eigenvalue weighted by atomic mass is 10.2. The van der Waals surface area contributed by atoms with Gasteiger partial charge in [-0.1, -0.05) is 0 Å². The van der Waals surface area contributed by atoms with Crippen LogP contribution < -0.4 is 5.32 Å². The summed E-state index contributed by atoms with van der Waals surface area (Å²) in [6.45, 7) is 0.131. The number of rotatable bonds is 5. The second-order valence-corrected chi connectivity index (χ2v) is 3.32. The number of aliphatic carboxylic acids is 1. The van der Waals surface area contributed by atoms with Gasteiger partial charge in [-0.3, -0.25) is 4.79 Å². The van der Waals surface area contributed by atoms with Crippen LogP contribution in [0.5, 0.6) is 0 Å². The van der Waals surface area contributed by atoms with Gasteiger partial charge in [0.2, 0.25) is 0 Å². The molecule has 0 aliphatic carbocycles. The molecule has 0 bridgehead atoms. The van der Waals surface area contributed by atoms with E-state index in [2.05, 4.69) is 10.3 Å². The van der Waals surface area contributed by atoms with Gasteiger partial charge in [-0.25, -0.2) is 4.98 Å². The van der Waals surface area contributed by atoms with Crippen molar-refractivity contribution in [3.05, 3.63) is 23.9 Å². The molecule has 0 saturated heterocycles. The van der Waals surface area contributed by atoms with Gasteiger partial charge in [0.15, 0.2) is 0 Å². The van der Waals surface area contributed by atoms with Crippen molar-refractivity contribution in [2.24, 2.45) is 0 Å². The Morgan fingerprint density at radius 1 is 1.47 bits per heavy atom. The van der Waals surface area contributed by atoms with E-state index in [4.69, 9.17) is 5.11 Å². The average molecular weight is 248 g/mol. The molecule has 1 rings (SSSR count). The minimum Gasteiger partial charge on any atom is -0.481 e. The van der Waals surface area contributed by atoms with E-state index in [9.17, 15) is 18.0 Å². The Labute approximate surface area is 95.5 Å². The van der Waals surface area contributed by atoms with Crippen molar-refractivity contribution in [1.29, 1.82) is 0 Å². The molecule has 17 heavy (non-hydrogen) atoms. The Morgan fingerprint density at radius 3 is 2.76 bits per heavy atom. The minimum atomic E-state index is -4.47. The number of hydrogen-bond acceptors (Lipinski definition) is 3. The maximum Gasteiger partial charge on any atom is 0.419 e. The molecule has 2 N–H and O–H groups in total. The molecule has 0 aromatic carbocycles. The summed E-state index contributed by atoms with van der Waals surface area (Å²) >= 11 is 0. The fourth-order valence-electron chi connectivity index (χ4n) is 1.22. The number of carboxylic acid groups (broad SMARTS) is 1. The van der Waals surface area contributed by atoms with Gasteiger partial charge in [-0.2, -0.15) is 13.2 Å². The molecule has 0 radical (unpaired) electrons. The molecular weight excluding hydrogens is 237 g/mol. The van der Waals surface area contributed by atoms with Crippen LogP contribution in [-0.4, -0.2) is 22.6 Å². The van der Waals surface area contributed by atoms with Crippen molar-refractivity contribution in [3.8, 4) is 0 Å². The Bertz CT molecular complexity index is 393. The van der Waals surface area contributed by atoms with Crippen LogP contribution in [0.4, 0.5) is 19.0 Å². The van der Waals surface area contributed by atoms with Gasteiger partial charge >= 0.3 is 12.1 Å². The fourth-order valence-corrected chi connectivity index (χ4v) is 1.22. The third-order valence-corrected chi connectivity index (χ3v) is 1.97. The van der Waals surface area contributed by atoms with Crippen LogP contribution in [0.1, 0.15) is 18.4 Å². The predicted octanol–water partition coefficient (Wildman–Crippen LogP) is 2.38. The lowest BCUT2D eigenvalue weighted by Gasteiger charge is -2.12. The first-order valence-corrected chi connectivity index (χ1v) is 4.89. The summed E-state index contributed by atoms with van der Waals surface area (Å²) in [7, 11) is 0. The van der Waals surface area contributed by atoms with Gasteiger partial charge in [0, 0.05) is 19.2 Å². The molecule has 7 heteroatoms. The van der Waals surface area contributed by atoms with Crippen molar-refractivity contribution in [3.63, 3.8) is 0 Å². The summed E-state index contributed by atoms with van der Waals surface area (Å²) in [5.41, 5.74) is -0.852. The lowest BCUT2D eigenvalue weighted by Crippen LogP contribution is -2.13. The van der Waals surface area contributed by atoms with E-state index in [1.807, 2.05) is 0 Å². The standard InChI is InChI=1S/C10H11F3N2O2/c11-10(12,13)7-3-1-5-14-9(7)15-6-2-4-8(16)17/h1,3,5H,2,4,6H2,(H,14,15)(H,16,17). The summed E-state index contributed by atoms with van der Waals surface area (Å²) in [6.07, 6.45) is -3.08. The van der Waals surface area contributed by atoms with Crippen molar-refractivity contribution in [2.45, 2.75) is 19.0 Å². The summed E-state index contributed by atoms with van der Waals surface area (Å²) < 4.78 is 37.5. The van der Waals surface area contributed by atoms with Gasteiger partial charge in [0.25, 0.3) is 0 Å². The Kier molecular flexibility index (Phi) is 4.30. The van der Waals surface area contributed by atoms with Crippen LogP contribution in [0, 0.1) is 0 Å². The SMILES string of the molecule is O=C(O)CCCNc1ncccc1C(F)(F)F. The summed E-state index contributed by atoms with van der Waals surface area (Å²) in [5.74, 6) is -1.26. The molecule has 1 aromatic rings. The largest absolute Gasteiger partial charge is 0.481 e. The average Bonchev–Trinajstić information content (AvgIpc) is 2.23. The molecule has 4 nitrogen and oxygen atoms in total. The van der Waals surface area contributed by atoms with E-state index >= 15 is 0 Å². The highest BCUT2D eigenvalue weighted by Crippen LogP contribution is 2.33.